The largest absolute Gasteiger partial charge is 0.493 e. The normalized spacial score (nSPS) is 17.6. The van der Waals surface area contributed by atoms with E-state index in [1.807, 2.05) is 0 Å². The SMILES string of the molecule is Cc1ccc(C)c(NC2CCCOc3cc(Br)ccc32)c1. The molecule has 1 heterocycles. The Kier molecular flexibility index (Phi) is 4.20. The van der Waals surface area contributed by atoms with Crippen molar-refractivity contribution in [1.29, 1.82) is 0 Å². The van der Waals surface area contributed by atoms with Crippen molar-refractivity contribution in [3.8, 4) is 5.75 Å². The molecule has 0 saturated carbocycles. The van der Waals surface area contributed by atoms with Crippen molar-refractivity contribution >= 4 is 21.6 Å². The second-order valence-electron chi connectivity index (χ2n) is 5.69. The number of nitrogens with one attached hydrogen (secondary N) is 1. The molecule has 0 fully saturated rings. The lowest BCUT2D eigenvalue weighted by Gasteiger charge is -2.21. The van der Waals surface area contributed by atoms with Crippen LogP contribution in [0, 0.1) is 13.8 Å². The van der Waals surface area contributed by atoms with Crippen LogP contribution in [0.15, 0.2) is 40.9 Å². The van der Waals surface area contributed by atoms with Gasteiger partial charge in [0.1, 0.15) is 5.75 Å². The molecule has 2 nitrogen and oxygen atoms in total. The fourth-order valence-corrected chi connectivity index (χ4v) is 3.12. The summed E-state index contributed by atoms with van der Waals surface area (Å²) in [5.74, 6) is 0.990. The Morgan fingerprint density at radius 3 is 2.86 bits per heavy atom. The van der Waals surface area contributed by atoms with E-state index in [2.05, 4.69) is 71.5 Å². The van der Waals surface area contributed by atoms with Crippen LogP contribution in [-0.4, -0.2) is 6.61 Å². The molecule has 0 amide bonds. The molecule has 2 aromatic rings. The molecule has 1 aliphatic heterocycles. The summed E-state index contributed by atoms with van der Waals surface area (Å²) in [6, 6.07) is 13.2. The van der Waals surface area contributed by atoms with Crippen LogP contribution in [0.25, 0.3) is 0 Å². The number of anilines is 1. The molecular weight excluding hydrogens is 326 g/mol. The quantitative estimate of drug-likeness (QED) is 0.787. The predicted molar refractivity (Wildman–Crippen MR) is 91.2 cm³/mol. The molecule has 1 N–H and O–H groups in total. The first-order valence-corrected chi connectivity index (χ1v) is 8.19. The summed E-state index contributed by atoms with van der Waals surface area (Å²) in [6.45, 7) is 5.07. The highest BCUT2D eigenvalue weighted by molar-refractivity contribution is 9.10. The van der Waals surface area contributed by atoms with E-state index in [1.54, 1.807) is 0 Å². The Bertz CT molecular complexity index is 654. The second-order valence-corrected chi connectivity index (χ2v) is 6.60. The fraction of sp³-hybridized carbons (Fsp3) is 0.333. The van der Waals surface area contributed by atoms with Crippen LogP contribution in [0.2, 0.25) is 0 Å². The van der Waals surface area contributed by atoms with Crippen LogP contribution in [0.4, 0.5) is 5.69 Å². The summed E-state index contributed by atoms with van der Waals surface area (Å²) in [5.41, 5.74) is 5.03. The molecule has 0 aromatic heterocycles. The van der Waals surface area contributed by atoms with Crippen molar-refractivity contribution < 1.29 is 4.74 Å². The number of halogens is 1. The van der Waals surface area contributed by atoms with Crippen molar-refractivity contribution in [3.05, 3.63) is 57.6 Å². The number of hydrogen-bond acceptors (Lipinski definition) is 2. The smallest absolute Gasteiger partial charge is 0.125 e. The van der Waals surface area contributed by atoms with Crippen molar-refractivity contribution in [3.63, 3.8) is 0 Å². The number of rotatable bonds is 2. The molecule has 1 atom stereocenters. The van der Waals surface area contributed by atoms with Crippen LogP contribution in [0.5, 0.6) is 5.75 Å². The lowest BCUT2D eigenvalue weighted by molar-refractivity contribution is 0.316. The van der Waals surface area contributed by atoms with Gasteiger partial charge in [-0.1, -0.05) is 34.1 Å². The number of hydrogen-bond donors (Lipinski definition) is 1. The average Bonchev–Trinajstić information content (AvgIpc) is 2.65. The van der Waals surface area contributed by atoms with Gasteiger partial charge in [0.25, 0.3) is 0 Å². The van der Waals surface area contributed by atoms with E-state index in [0.717, 1.165) is 29.7 Å². The maximum Gasteiger partial charge on any atom is 0.125 e. The van der Waals surface area contributed by atoms with Crippen LogP contribution in [-0.2, 0) is 0 Å². The van der Waals surface area contributed by atoms with Crippen molar-refractivity contribution in [2.45, 2.75) is 32.7 Å². The van der Waals surface area contributed by atoms with Crippen LogP contribution >= 0.6 is 15.9 Å². The summed E-state index contributed by atoms with van der Waals surface area (Å²) in [4.78, 5) is 0. The molecule has 0 spiro atoms. The van der Waals surface area contributed by atoms with E-state index >= 15 is 0 Å². The average molecular weight is 346 g/mol. The first-order chi connectivity index (χ1) is 10.1. The summed E-state index contributed by atoms with van der Waals surface area (Å²) >= 11 is 3.52. The van der Waals surface area contributed by atoms with Gasteiger partial charge in [-0.25, -0.2) is 0 Å². The number of aryl methyl sites for hydroxylation is 2. The molecule has 2 aromatic carbocycles. The highest BCUT2D eigenvalue weighted by Gasteiger charge is 2.20. The third kappa shape index (κ3) is 3.24. The zero-order valence-corrected chi connectivity index (χ0v) is 14.0. The molecule has 1 unspecified atom stereocenters. The number of ether oxygens (including phenoxy) is 1. The van der Waals surface area contributed by atoms with Gasteiger partial charge in [0.15, 0.2) is 0 Å². The van der Waals surface area contributed by atoms with Crippen molar-refractivity contribution in [2.24, 2.45) is 0 Å². The van der Waals surface area contributed by atoms with Crippen LogP contribution in [0.3, 0.4) is 0 Å². The summed E-state index contributed by atoms with van der Waals surface area (Å²) in [6.07, 6.45) is 2.15. The van der Waals surface area contributed by atoms with Gasteiger partial charge in [0.05, 0.1) is 12.6 Å². The van der Waals surface area contributed by atoms with E-state index in [9.17, 15) is 0 Å². The molecule has 0 radical (unpaired) electrons. The van der Waals surface area contributed by atoms with Gasteiger partial charge in [0, 0.05) is 15.7 Å². The molecule has 110 valence electrons. The molecule has 21 heavy (non-hydrogen) atoms. The lowest BCUT2D eigenvalue weighted by Crippen LogP contribution is -2.11. The molecule has 0 bridgehead atoms. The molecule has 3 rings (SSSR count). The van der Waals surface area contributed by atoms with Crippen molar-refractivity contribution in [1.82, 2.24) is 0 Å². The van der Waals surface area contributed by atoms with Crippen molar-refractivity contribution in [2.75, 3.05) is 11.9 Å². The molecule has 0 saturated heterocycles. The van der Waals surface area contributed by atoms with E-state index in [-0.39, 0.29) is 0 Å². The number of fused-ring (bicyclic) bond motifs is 1. The summed E-state index contributed by atoms with van der Waals surface area (Å²) < 4.78 is 6.94. The zero-order chi connectivity index (χ0) is 14.8. The fourth-order valence-electron chi connectivity index (χ4n) is 2.78. The highest BCUT2D eigenvalue weighted by atomic mass is 79.9. The second kappa shape index (κ2) is 6.10. The third-order valence-corrected chi connectivity index (χ3v) is 4.46. The van der Waals surface area contributed by atoms with E-state index in [1.165, 1.54) is 22.4 Å². The standard InChI is InChI=1S/C18H20BrNO/c1-12-5-6-13(2)17(10-12)20-16-4-3-9-21-18-11-14(19)7-8-15(16)18/h5-8,10-11,16,20H,3-4,9H2,1-2H3. The van der Waals surface area contributed by atoms with Gasteiger partial charge in [-0.05, 0) is 56.0 Å². The topological polar surface area (TPSA) is 21.3 Å². The minimum absolute atomic E-state index is 0.302. The predicted octanol–water partition coefficient (Wildman–Crippen LogP) is 5.39. The minimum Gasteiger partial charge on any atom is -0.493 e. The van der Waals surface area contributed by atoms with Crippen LogP contribution < -0.4 is 10.1 Å². The van der Waals surface area contributed by atoms with Gasteiger partial charge in [-0.3, -0.25) is 0 Å². The maximum absolute atomic E-state index is 5.88. The Morgan fingerprint density at radius 2 is 2.00 bits per heavy atom. The van der Waals surface area contributed by atoms with Gasteiger partial charge in [-0.15, -0.1) is 0 Å². The van der Waals surface area contributed by atoms with E-state index in [4.69, 9.17) is 4.74 Å². The Labute approximate surface area is 134 Å². The van der Waals surface area contributed by atoms with Gasteiger partial charge < -0.3 is 10.1 Å². The van der Waals surface area contributed by atoms with Crippen LogP contribution in [0.1, 0.15) is 35.6 Å². The van der Waals surface area contributed by atoms with Gasteiger partial charge in [0.2, 0.25) is 0 Å². The molecule has 1 aliphatic rings. The van der Waals surface area contributed by atoms with Gasteiger partial charge >= 0.3 is 0 Å². The van der Waals surface area contributed by atoms with Gasteiger partial charge in [-0.2, -0.15) is 0 Å². The van der Waals surface area contributed by atoms with E-state index < -0.39 is 0 Å². The third-order valence-electron chi connectivity index (χ3n) is 3.97. The van der Waals surface area contributed by atoms with E-state index in [0.29, 0.717) is 6.04 Å². The molecule has 0 aliphatic carbocycles. The lowest BCUT2D eigenvalue weighted by atomic mass is 10.0. The molecular formula is C18H20BrNO. The monoisotopic (exact) mass is 345 g/mol. The number of benzene rings is 2. The first-order valence-electron chi connectivity index (χ1n) is 7.39. The molecule has 3 heteroatoms. The summed E-state index contributed by atoms with van der Waals surface area (Å²) in [5, 5.41) is 3.71. The highest BCUT2D eigenvalue weighted by Crippen LogP contribution is 2.36. The zero-order valence-electron chi connectivity index (χ0n) is 12.4. The Hall–Kier alpha value is -1.48. The maximum atomic E-state index is 5.88. The summed E-state index contributed by atoms with van der Waals surface area (Å²) in [7, 11) is 0. The first kappa shape index (κ1) is 14.5. The minimum atomic E-state index is 0.302. The Balaban J connectivity index is 1.94. The Morgan fingerprint density at radius 1 is 1.14 bits per heavy atom.